The van der Waals surface area contributed by atoms with Crippen molar-refractivity contribution in [2.24, 2.45) is 5.73 Å². The predicted molar refractivity (Wildman–Crippen MR) is 82.6 cm³/mol. The maximum absolute atomic E-state index is 5.80. The molecule has 0 radical (unpaired) electrons. The molecule has 106 valence electrons. The number of nitrogens with zero attached hydrogens (tertiary/aromatic N) is 3. The first-order valence-electron chi connectivity index (χ1n) is 6.53. The van der Waals surface area contributed by atoms with Crippen LogP contribution in [0.25, 0.3) is 5.69 Å². The van der Waals surface area contributed by atoms with E-state index in [0.29, 0.717) is 4.99 Å². The van der Waals surface area contributed by atoms with Crippen molar-refractivity contribution in [1.82, 2.24) is 14.8 Å². The van der Waals surface area contributed by atoms with Crippen LogP contribution in [0, 0.1) is 0 Å². The number of thiocarbonyl (C=S) groups is 1. The highest BCUT2D eigenvalue weighted by atomic mass is 32.1. The standard InChI is InChI=1S/C14H18N4OS/c1-4-12-16-13(5-2)18(17-12)11-8-9(19-3)6-7-10(11)14(15)20/h6-8H,4-5H2,1-3H3,(H2,15,20). The molecule has 2 N–H and O–H groups in total. The molecule has 0 saturated heterocycles. The number of rotatable bonds is 5. The number of methoxy groups -OCH3 is 1. The van der Waals surface area contributed by atoms with Crippen LogP contribution in [0.1, 0.15) is 31.1 Å². The number of aromatic nitrogens is 3. The van der Waals surface area contributed by atoms with Gasteiger partial charge in [0, 0.05) is 24.5 Å². The van der Waals surface area contributed by atoms with Crippen LogP contribution < -0.4 is 10.5 Å². The highest BCUT2D eigenvalue weighted by Crippen LogP contribution is 2.22. The molecule has 0 bridgehead atoms. The van der Waals surface area contributed by atoms with Crippen LogP contribution in [0.2, 0.25) is 0 Å². The summed E-state index contributed by atoms with van der Waals surface area (Å²) < 4.78 is 7.07. The predicted octanol–water partition coefficient (Wildman–Crippen LogP) is 2.03. The van der Waals surface area contributed by atoms with Gasteiger partial charge in [0.1, 0.15) is 16.6 Å². The summed E-state index contributed by atoms with van der Waals surface area (Å²) in [4.78, 5) is 4.84. The van der Waals surface area contributed by atoms with Gasteiger partial charge in [-0.25, -0.2) is 9.67 Å². The Balaban J connectivity index is 2.66. The summed E-state index contributed by atoms with van der Waals surface area (Å²) in [7, 11) is 1.62. The van der Waals surface area contributed by atoms with Gasteiger partial charge in [0.15, 0.2) is 5.82 Å². The first-order valence-corrected chi connectivity index (χ1v) is 6.94. The van der Waals surface area contributed by atoms with E-state index in [0.717, 1.165) is 41.5 Å². The third-order valence-electron chi connectivity index (χ3n) is 3.05. The van der Waals surface area contributed by atoms with Gasteiger partial charge in [-0.2, -0.15) is 5.10 Å². The van der Waals surface area contributed by atoms with Crippen LogP contribution in [-0.2, 0) is 12.8 Å². The number of benzene rings is 1. The van der Waals surface area contributed by atoms with Crippen molar-refractivity contribution in [2.75, 3.05) is 7.11 Å². The minimum atomic E-state index is 0.332. The summed E-state index contributed by atoms with van der Waals surface area (Å²) in [6, 6.07) is 5.56. The number of hydrogen-bond donors (Lipinski definition) is 1. The van der Waals surface area contributed by atoms with E-state index in [-0.39, 0.29) is 0 Å². The fourth-order valence-electron chi connectivity index (χ4n) is 1.99. The summed E-state index contributed by atoms with van der Waals surface area (Å²) in [5, 5.41) is 4.52. The van der Waals surface area contributed by atoms with Crippen molar-refractivity contribution in [3.05, 3.63) is 35.4 Å². The van der Waals surface area contributed by atoms with E-state index >= 15 is 0 Å². The molecule has 0 fully saturated rings. The lowest BCUT2D eigenvalue weighted by Gasteiger charge is -2.11. The Labute approximate surface area is 123 Å². The normalized spacial score (nSPS) is 10.6. The Morgan fingerprint density at radius 3 is 2.65 bits per heavy atom. The van der Waals surface area contributed by atoms with Crippen LogP contribution in [0.5, 0.6) is 5.75 Å². The maximum atomic E-state index is 5.80. The molecule has 2 aromatic rings. The molecule has 6 heteroatoms. The van der Waals surface area contributed by atoms with E-state index in [1.165, 1.54) is 0 Å². The quantitative estimate of drug-likeness (QED) is 0.854. The van der Waals surface area contributed by atoms with E-state index in [4.69, 9.17) is 22.7 Å². The lowest BCUT2D eigenvalue weighted by molar-refractivity contribution is 0.414. The number of hydrogen-bond acceptors (Lipinski definition) is 4. The fourth-order valence-corrected chi connectivity index (χ4v) is 2.16. The van der Waals surface area contributed by atoms with Crippen molar-refractivity contribution in [3.8, 4) is 11.4 Å². The molecule has 20 heavy (non-hydrogen) atoms. The zero-order valence-electron chi connectivity index (χ0n) is 11.9. The first kappa shape index (κ1) is 14.5. The molecule has 0 aliphatic rings. The molecule has 1 aromatic carbocycles. The minimum Gasteiger partial charge on any atom is -0.497 e. The Morgan fingerprint density at radius 2 is 2.10 bits per heavy atom. The Kier molecular flexibility index (Phi) is 4.34. The highest BCUT2D eigenvalue weighted by molar-refractivity contribution is 7.80. The zero-order chi connectivity index (χ0) is 14.7. The average Bonchev–Trinajstić information content (AvgIpc) is 2.89. The summed E-state index contributed by atoms with van der Waals surface area (Å²) in [5.41, 5.74) is 7.38. The van der Waals surface area contributed by atoms with Gasteiger partial charge in [-0.15, -0.1) is 0 Å². The van der Waals surface area contributed by atoms with Gasteiger partial charge in [-0.1, -0.05) is 26.1 Å². The van der Waals surface area contributed by atoms with Gasteiger partial charge in [-0.3, -0.25) is 0 Å². The second kappa shape index (κ2) is 6.00. The van der Waals surface area contributed by atoms with Crippen LogP contribution in [0.3, 0.4) is 0 Å². The molecule has 5 nitrogen and oxygen atoms in total. The van der Waals surface area contributed by atoms with Gasteiger partial charge in [0.25, 0.3) is 0 Å². The average molecular weight is 290 g/mol. The van der Waals surface area contributed by atoms with Gasteiger partial charge in [0.2, 0.25) is 0 Å². The van der Waals surface area contributed by atoms with Gasteiger partial charge in [-0.05, 0) is 12.1 Å². The lowest BCUT2D eigenvalue weighted by Crippen LogP contribution is -2.15. The van der Waals surface area contributed by atoms with E-state index in [2.05, 4.69) is 10.1 Å². The van der Waals surface area contributed by atoms with Crippen LogP contribution in [0.15, 0.2) is 18.2 Å². The van der Waals surface area contributed by atoms with Crippen molar-refractivity contribution in [1.29, 1.82) is 0 Å². The monoisotopic (exact) mass is 290 g/mol. The van der Waals surface area contributed by atoms with Crippen LogP contribution >= 0.6 is 12.2 Å². The SMILES string of the molecule is CCc1nc(CC)n(-c2cc(OC)ccc2C(N)=S)n1. The largest absolute Gasteiger partial charge is 0.497 e. The van der Waals surface area contributed by atoms with Gasteiger partial charge < -0.3 is 10.5 Å². The third kappa shape index (κ3) is 2.65. The summed E-state index contributed by atoms with van der Waals surface area (Å²) in [6.45, 7) is 4.07. The van der Waals surface area contributed by atoms with Gasteiger partial charge in [0.05, 0.1) is 12.8 Å². The van der Waals surface area contributed by atoms with E-state index in [9.17, 15) is 0 Å². The fraction of sp³-hybridized carbons (Fsp3) is 0.357. The second-order valence-corrected chi connectivity index (χ2v) is 4.75. The molecule has 1 aromatic heterocycles. The minimum absolute atomic E-state index is 0.332. The van der Waals surface area contributed by atoms with Gasteiger partial charge >= 0.3 is 0 Å². The molecule has 0 aliphatic heterocycles. The van der Waals surface area contributed by atoms with Crippen molar-refractivity contribution >= 4 is 17.2 Å². The number of ether oxygens (including phenoxy) is 1. The van der Waals surface area contributed by atoms with Crippen LogP contribution in [0.4, 0.5) is 0 Å². The Morgan fingerprint density at radius 1 is 1.35 bits per heavy atom. The van der Waals surface area contributed by atoms with E-state index in [1.54, 1.807) is 11.8 Å². The molecule has 0 unspecified atom stereocenters. The summed E-state index contributed by atoms with van der Waals surface area (Å²) in [5.74, 6) is 2.42. The topological polar surface area (TPSA) is 66.0 Å². The third-order valence-corrected chi connectivity index (χ3v) is 3.27. The zero-order valence-corrected chi connectivity index (χ0v) is 12.7. The van der Waals surface area contributed by atoms with E-state index in [1.807, 2.05) is 32.0 Å². The highest BCUT2D eigenvalue weighted by Gasteiger charge is 2.15. The maximum Gasteiger partial charge on any atom is 0.151 e. The van der Waals surface area contributed by atoms with E-state index < -0.39 is 0 Å². The summed E-state index contributed by atoms with van der Waals surface area (Å²) >= 11 is 5.12. The molecular formula is C14H18N4OS. The molecule has 1 heterocycles. The van der Waals surface area contributed by atoms with Crippen molar-refractivity contribution in [3.63, 3.8) is 0 Å². The molecule has 0 atom stereocenters. The molecule has 2 rings (SSSR count). The van der Waals surface area contributed by atoms with Crippen molar-refractivity contribution in [2.45, 2.75) is 26.7 Å². The smallest absolute Gasteiger partial charge is 0.151 e. The molecular weight excluding hydrogens is 272 g/mol. The number of nitrogens with two attached hydrogens (primary N) is 1. The Bertz CT molecular complexity index is 636. The van der Waals surface area contributed by atoms with Crippen molar-refractivity contribution < 1.29 is 4.74 Å². The summed E-state index contributed by atoms with van der Waals surface area (Å²) in [6.07, 6.45) is 1.56. The molecule has 0 spiro atoms. The Hall–Kier alpha value is -1.95. The first-order chi connectivity index (χ1) is 9.60. The molecule has 0 amide bonds. The van der Waals surface area contributed by atoms with Crippen LogP contribution in [-0.4, -0.2) is 26.9 Å². The molecule has 0 saturated carbocycles. The lowest BCUT2D eigenvalue weighted by atomic mass is 10.1. The molecule has 0 aliphatic carbocycles. The number of aryl methyl sites for hydroxylation is 2. The second-order valence-electron chi connectivity index (χ2n) is 4.31.